The fourth-order valence-electron chi connectivity index (χ4n) is 1.68. The smallest absolute Gasteiger partial charge is 0.288 e. The number of benzene rings is 1. The molecule has 1 aliphatic heterocycles. The van der Waals surface area contributed by atoms with Gasteiger partial charge in [0.15, 0.2) is 5.84 Å². The third-order valence-corrected chi connectivity index (χ3v) is 3.73. The van der Waals surface area contributed by atoms with E-state index < -0.39 is 20.7 Å². The van der Waals surface area contributed by atoms with Gasteiger partial charge in [0.25, 0.3) is 10.0 Å². The molecule has 1 aromatic rings. The number of sulfonamides is 1. The van der Waals surface area contributed by atoms with Gasteiger partial charge in [0, 0.05) is 14.1 Å². The van der Waals surface area contributed by atoms with Gasteiger partial charge in [-0.15, -0.1) is 4.40 Å². The molecule has 0 fully saturated rings. The summed E-state index contributed by atoms with van der Waals surface area (Å²) < 4.78 is 45.7. The first-order valence-electron chi connectivity index (χ1n) is 4.77. The molecule has 0 aliphatic carbocycles. The lowest BCUT2D eigenvalue weighted by Gasteiger charge is -2.14. The Bertz CT molecular complexity index is 608. The topological polar surface area (TPSA) is 59.0 Å². The van der Waals surface area contributed by atoms with Crippen LogP contribution in [0.3, 0.4) is 0 Å². The van der Waals surface area contributed by atoms with E-state index >= 15 is 0 Å². The molecule has 0 N–H and O–H groups in total. The fraction of sp³-hybridized carbons (Fsp3) is 0.300. The molecule has 1 heterocycles. The van der Waals surface area contributed by atoms with Crippen LogP contribution < -0.4 is 4.74 Å². The third-order valence-electron chi connectivity index (χ3n) is 2.40. The summed E-state index contributed by atoms with van der Waals surface area (Å²) in [5.41, 5.74) is 0.178. The van der Waals surface area contributed by atoms with Gasteiger partial charge in [0.2, 0.25) is 0 Å². The van der Waals surface area contributed by atoms with Crippen LogP contribution in [0.2, 0.25) is 0 Å². The van der Waals surface area contributed by atoms with Crippen LogP contribution >= 0.6 is 0 Å². The predicted octanol–water partition coefficient (Wildman–Crippen LogP) is 0.845. The number of rotatable bonds is 1. The number of hydrogen-bond donors (Lipinski definition) is 0. The van der Waals surface area contributed by atoms with Crippen molar-refractivity contribution in [3.05, 3.63) is 23.5 Å². The summed E-state index contributed by atoms with van der Waals surface area (Å²) in [6.45, 7) is 0. The van der Waals surface area contributed by atoms with Gasteiger partial charge in [-0.25, -0.2) is 4.39 Å². The van der Waals surface area contributed by atoms with Crippen LogP contribution in [-0.4, -0.2) is 40.4 Å². The summed E-state index contributed by atoms with van der Waals surface area (Å²) in [5.74, 6) is -0.354. The molecule has 0 saturated heterocycles. The maximum Gasteiger partial charge on any atom is 0.288 e. The molecular weight excluding hydrogens is 247 g/mol. The highest BCUT2D eigenvalue weighted by Crippen LogP contribution is 2.35. The van der Waals surface area contributed by atoms with Gasteiger partial charge < -0.3 is 9.64 Å². The quantitative estimate of drug-likeness (QED) is 0.749. The van der Waals surface area contributed by atoms with Crippen LogP contribution in [0, 0.1) is 5.82 Å². The molecule has 0 amide bonds. The average molecular weight is 258 g/mol. The molecule has 0 spiro atoms. The second-order valence-corrected chi connectivity index (χ2v) is 5.28. The van der Waals surface area contributed by atoms with Gasteiger partial charge in [-0.1, -0.05) is 0 Å². The normalized spacial score (nSPS) is 16.4. The van der Waals surface area contributed by atoms with E-state index in [4.69, 9.17) is 4.74 Å². The first kappa shape index (κ1) is 11.8. The van der Waals surface area contributed by atoms with Crippen molar-refractivity contribution in [3.8, 4) is 5.75 Å². The van der Waals surface area contributed by atoms with Crippen LogP contribution in [0.1, 0.15) is 5.56 Å². The number of amidine groups is 1. The number of methoxy groups -OCH3 is 1. The highest BCUT2D eigenvalue weighted by atomic mass is 32.2. The number of halogens is 1. The molecular formula is C10H11FN2O3S. The molecule has 0 saturated carbocycles. The van der Waals surface area contributed by atoms with Crippen LogP contribution in [0.5, 0.6) is 5.75 Å². The highest BCUT2D eigenvalue weighted by Gasteiger charge is 2.36. The van der Waals surface area contributed by atoms with E-state index in [0.717, 1.165) is 6.07 Å². The lowest BCUT2D eigenvalue weighted by Crippen LogP contribution is -2.22. The van der Waals surface area contributed by atoms with E-state index in [1.807, 2.05) is 0 Å². The molecule has 2 rings (SSSR count). The molecule has 0 radical (unpaired) electrons. The van der Waals surface area contributed by atoms with Crippen molar-refractivity contribution in [2.75, 3.05) is 21.2 Å². The average Bonchev–Trinajstić information content (AvgIpc) is 2.53. The molecule has 7 heteroatoms. The first-order chi connectivity index (χ1) is 7.88. The van der Waals surface area contributed by atoms with Gasteiger partial charge in [-0.3, -0.25) is 0 Å². The summed E-state index contributed by atoms with van der Waals surface area (Å²) >= 11 is 0. The Morgan fingerprint density at radius 2 is 2.00 bits per heavy atom. The molecule has 0 unspecified atom stereocenters. The molecule has 1 aromatic carbocycles. The lowest BCUT2D eigenvalue weighted by atomic mass is 10.1. The van der Waals surface area contributed by atoms with Crippen LogP contribution in [0.25, 0.3) is 0 Å². The zero-order valence-electron chi connectivity index (χ0n) is 9.56. The van der Waals surface area contributed by atoms with Crippen molar-refractivity contribution in [2.24, 2.45) is 4.40 Å². The summed E-state index contributed by atoms with van der Waals surface area (Å²) in [7, 11) is 0.688. The standard InChI is InChI=1S/C10H11FN2O3S/c1-13(2)10-8-7(16-3)5-4-6(11)9(8)17(14,15)12-10/h4-5H,1-3H3. The van der Waals surface area contributed by atoms with Crippen molar-refractivity contribution in [1.82, 2.24) is 4.90 Å². The van der Waals surface area contributed by atoms with Crippen molar-refractivity contribution >= 4 is 15.9 Å². The van der Waals surface area contributed by atoms with Gasteiger partial charge in [-0.05, 0) is 12.1 Å². The maximum atomic E-state index is 13.6. The van der Waals surface area contributed by atoms with Crippen LogP contribution in [-0.2, 0) is 10.0 Å². The minimum atomic E-state index is -3.97. The Morgan fingerprint density at radius 3 is 2.53 bits per heavy atom. The van der Waals surface area contributed by atoms with E-state index in [2.05, 4.69) is 4.40 Å². The summed E-state index contributed by atoms with van der Waals surface area (Å²) in [4.78, 5) is 1.09. The molecule has 17 heavy (non-hydrogen) atoms. The predicted molar refractivity (Wildman–Crippen MR) is 60.4 cm³/mol. The van der Waals surface area contributed by atoms with Crippen LogP contribution in [0.4, 0.5) is 4.39 Å². The largest absolute Gasteiger partial charge is 0.496 e. The van der Waals surface area contributed by atoms with Gasteiger partial charge in [0.05, 0.1) is 12.7 Å². The Hall–Kier alpha value is -1.63. The maximum absolute atomic E-state index is 13.6. The summed E-state index contributed by atoms with van der Waals surface area (Å²) in [6.07, 6.45) is 0. The third kappa shape index (κ3) is 1.66. The molecule has 0 bridgehead atoms. The molecule has 0 atom stereocenters. The second kappa shape index (κ2) is 3.69. The number of fused-ring (bicyclic) bond motifs is 1. The van der Waals surface area contributed by atoms with Gasteiger partial charge in [-0.2, -0.15) is 8.42 Å². The van der Waals surface area contributed by atoms with E-state index in [1.165, 1.54) is 18.1 Å². The Morgan fingerprint density at radius 1 is 1.35 bits per heavy atom. The van der Waals surface area contributed by atoms with E-state index in [-0.39, 0.29) is 17.1 Å². The number of ether oxygens (including phenoxy) is 1. The second-order valence-electron chi connectivity index (χ2n) is 3.74. The minimum absolute atomic E-state index is 0.177. The molecule has 92 valence electrons. The van der Waals surface area contributed by atoms with Crippen molar-refractivity contribution < 1.29 is 17.5 Å². The van der Waals surface area contributed by atoms with Gasteiger partial charge >= 0.3 is 0 Å². The number of nitrogens with zero attached hydrogens (tertiary/aromatic N) is 2. The monoisotopic (exact) mass is 258 g/mol. The number of hydrogen-bond acceptors (Lipinski definition) is 4. The summed E-state index contributed by atoms with van der Waals surface area (Å²) in [5, 5.41) is 0. The fourth-order valence-corrected chi connectivity index (χ4v) is 3.02. The van der Waals surface area contributed by atoms with E-state index in [0.29, 0.717) is 0 Å². The SMILES string of the molecule is COc1ccc(F)c2c1C(N(C)C)=NS2(=O)=O. The zero-order chi connectivity index (χ0) is 12.8. The minimum Gasteiger partial charge on any atom is -0.496 e. The Kier molecular flexibility index (Phi) is 2.57. The van der Waals surface area contributed by atoms with Crippen molar-refractivity contribution in [2.45, 2.75) is 4.90 Å². The van der Waals surface area contributed by atoms with Crippen molar-refractivity contribution in [1.29, 1.82) is 0 Å². The zero-order valence-corrected chi connectivity index (χ0v) is 10.4. The van der Waals surface area contributed by atoms with E-state index in [9.17, 15) is 12.8 Å². The highest BCUT2D eigenvalue weighted by molar-refractivity contribution is 7.90. The van der Waals surface area contributed by atoms with Gasteiger partial charge in [0.1, 0.15) is 16.5 Å². The Balaban J connectivity index is 2.85. The first-order valence-corrected chi connectivity index (χ1v) is 6.21. The van der Waals surface area contributed by atoms with Crippen molar-refractivity contribution in [3.63, 3.8) is 0 Å². The van der Waals surface area contributed by atoms with Crippen LogP contribution in [0.15, 0.2) is 21.4 Å². The molecule has 5 nitrogen and oxygen atoms in total. The lowest BCUT2D eigenvalue weighted by molar-refractivity contribution is 0.409. The Labute approximate surface area is 98.6 Å². The summed E-state index contributed by atoms with van der Waals surface area (Å²) in [6, 6.07) is 2.44. The molecule has 0 aromatic heterocycles. The molecule has 1 aliphatic rings. The van der Waals surface area contributed by atoms with E-state index in [1.54, 1.807) is 14.1 Å².